The number of aryl methyl sites for hydroxylation is 1. The molecule has 0 radical (unpaired) electrons. The maximum absolute atomic E-state index is 12.9. The Kier molecular flexibility index (Phi) is 9.75. The predicted octanol–water partition coefficient (Wildman–Crippen LogP) is 5.17. The van der Waals surface area contributed by atoms with E-state index < -0.39 is 22.1 Å². The molecule has 0 saturated heterocycles. The van der Waals surface area contributed by atoms with Crippen molar-refractivity contribution in [2.24, 2.45) is 5.92 Å². The lowest BCUT2D eigenvalue weighted by Gasteiger charge is -2.24. The van der Waals surface area contributed by atoms with Crippen LogP contribution in [0.15, 0.2) is 53.4 Å². The third kappa shape index (κ3) is 8.55. The van der Waals surface area contributed by atoms with E-state index in [1.54, 1.807) is 48.5 Å². The van der Waals surface area contributed by atoms with Gasteiger partial charge in [0.25, 0.3) is 10.0 Å². The predicted molar refractivity (Wildman–Crippen MR) is 143 cm³/mol. The van der Waals surface area contributed by atoms with E-state index in [0.717, 1.165) is 31.2 Å². The van der Waals surface area contributed by atoms with Gasteiger partial charge in [0.15, 0.2) is 0 Å². The van der Waals surface area contributed by atoms with Crippen molar-refractivity contribution < 1.29 is 18.0 Å². The summed E-state index contributed by atoms with van der Waals surface area (Å²) in [6.45, 7) is 5.92. The lowest BCUT2D eigenvalue weighted by Crippen LogP contribution is -2.51. The Labute approximate surface area is 214 Å². The van der Waals surface area contributed by atoms with Crippen LogP contribution in [-0.4, -0.2) is 32.4 Å². The van der Waals surface area contributed by atoms with Crippen LogP contribution in [0.4, 0.5) is 16.2 Å². The molecule has 0 unspecified atom stereocenters. The Morgan fingerprint density at radius 3 is 2.06 bits per heavy atom. The third-order valence-corrected chi connectivity index (χ3v) is 7.65. The second-order valence-electron chi connectivity index (χ2n) is 9.97. The van der Waals surface area contributed by atoms with Crippen molar-refractivity contribution in [2.75, 3.05) is 10.0 Å². The molecule has 1 atom stereocenters. The molecule has 3 amide bonds. The molecule has 4 N–H and O–H groups in total. The highest BCUT2D eigenvalue weighted by Crippen LogP contribution is 2.20. The zero-order valence-electron chi connectivity index (χ0n) is 21.3. The number of anilines is 2. The maximum Gasteiger partial charge on any atom is 0.319 e. The van der Waals surface area contributed by atoms with Crippen molar-refractivity contribution in [3.63, 3.8) is 0 Å². The first kappa shape index (κ1) is 27.5. The van der Waals surface area contributed by atoms with Crippen LogP contribution >= 0.6 is 0 Å². The highest BCUT2D eigenvalue weighted by molar-refractivity contribution is 7.92. The van der Waals surface area contributed by atoms with Gasteiger partial charge in [0.1, 0.15) is 6.04 Å². The number of nitrogens with one attached hydrogen (secondary N) is 4. The Morgan fingerprint density at radius 2 is 1.47 bits per heavy atom. The summed E-state index contributed by atoms with van der Waals surface area (Å²) in [6, 6.07) is 12.0. The number of carbonyl (C=O) groups excluding carboxylic acids is 2. The Bertz CT molecular complexity index is 1110. The molecule has 8 nitrogen and oxygen atoms in total. The van der Waals surface area contributed by atoms with E-state index in [0.29, 0.717) is 17.8 Å². The van der Waals surface area contributed by atoms with Gasteiger partial charge >= 0.3 is 6.03 Å². The van der Waals surface area contributed by atoms with Gasteiger partial charge in [0.05, 0.1) is 4.90 Å². The largest absolute Gasteiger partial charge is 0.352 e. The number of hydrogen-bond donors (Lipinski definition) is 4. The van der Waals surface area contributed by atoms with Gasteiger partial charge in [0, 0.05) is 17.4 Å². The van der Waals surface area contributed by atoms with E-state index in [2.05, 4.69) is 20.7 Å². The zero-order chi connectivity index (χ0) is 26.1. The number of amides is 3. The zero-order valence-corrected chi connectivity index (χ0v) is 22.2. The molecule has 2 aromatic carbocycles. The first-order valence-electron chi connectivity index (χ1n) is 12.7. The molecule has 3 rings (SSSR count). The van der Waals surface area contributed by atoms with Crippen LogP contribution in [-0.2, 0) is 14.8 Å². The maximum atomic E-state index is 12.9. The van der Waals surface area contributed by atoms with E-state index in [9.17, 15) is 18.0 Å². The SMILES string of the molecule is Cc1ccc(S(=O)(=O)Nc2ccc(NC(=O)N[C@H](CC(C)C)C(=O)NC3CCCCCC3)cc2)cc1. The van der Waals surface area contributed by atoms with Gasteiger partial charge in [-0.15, -0.1) is 0 Å². The molecule has 1 saturated carbocycles. The van der Waals surface area contributed by atoms with Crippen molar-refractivity contribution in [3.05, 3.63) is 54.1 Å². The second kappa shape index (κ2) is 12.8. The van der Waals surface area contributed by atoms with E-state index in [4.69, 9.17) is 0 Å². The number of benzene rings is 2. The molecular formula is C27H38N4O4S. The number of sulfonamides is 1. The quantitative estimate of drug-likeness (QED) is 0.345. The first-order chi connectivity index (χ1) is 17.1. The topological polar surface area (TPSA) is 116 Å². The summed E-state index contributed by atoms with van der Waals surface area (Å²) in [7, 11) is -3.71. The van der Waals surface area contributed by atoms with Crippen molar-refractivity contribution in [1.29, 1.82) is 0 Å². The number of rotatable bonds is 9. The fraction of sp³-hybridized carbons (Fsp3) is 0.481. The lowest BCUT2D eigenvalue weighted by molar-refractivity contribution is -0.124. The molecular weight excluding hydrogens is 476 g/mol. The Hall–Kier alpha value is -3.07. The minimum absolute atomic E-state index is 0.147. The standard InChI is InChI=1S/C27H38N4O4S/c1-19(2)18-25(26(32)28-21-8-6-4-5-7-9-21)30-27(33)29-22-12-14-23(15-13-22)31-36(34,35)24-16-10-20(3)11-17-24/h10-17,19,21,25,31H,4-9,18H2,1-3H3,(H,28,32)(H2,29,30,33)/t25-/m1/s1. The Morgan fingerprint density at radius 1 is 0.889 bits per heavy atom. The molecule has 0 heterocycles. The summed E-state index contributed by atoms with van der Waals surface area (Å²) >= 11 is 0. The fourth-order valence-electron chi connectivity index (χ4n) is 4.31. The molecule has 1 aliphatic carbocycles. The molecule has 2 aromatic rings. The van der Waals surface area contributed by atoms with Crippen LogP contribution in [0.3, 0.4) is 0 Å². The normalized spacial score (nSPS) is 15.6. The lowest BCUT2D eigenvalue weighted by atomic mass is 10.0. The van der Waals surface area contributed by atoms with E-state index in [1.165, 1.54) is 12.8 Å². The molecule has 0 bridgehead atoms. The Balaban J connectivity index is 1.57. The summed E-state index contributed by atoms with van der Waals surface area (Å²) in [4.78, 5) is 25.8. The average Bonchev–Trinajstić information content (AvgIpc) is 3.08. The second-order valence-corrected chi connectivity index (χ2v) is 11.7. The number of carbonyl (C=O) groups is 2. The van der Waals surface area contributed by atoms with Gasteiger partial charge in [-0.3, -0.25) is 9.52 Å². The van der Waals surface area contributed by atoms with Crippen LogP contribution < -0.4 is 20.7 Å². The van der Waals surface area contributed by atoms with Gasteiger partial charge in [-0.25, -0.2) is 13.2 Å². The van der Waals surface area contributed by atoms with E-state index in [-0.39, 0.29) is 22.8 Å². The van der Waals surface area contributed by atoms with E-state index >= 15 is 0 Å². The van der Waals surface area contributed by atoms with Crippen LogP contribution in [0.25, 0.3) is 0 Å². The molecule has 0 spiro atoms. The summed E-state index contributed by atoms with van der Waals surface area (Å²) in [6.07, 6.45) is 7.13. The van der Waals surface area contributed by atoms with Gasteiger partial charge < -0.3 is 16.0 Å². The average molecular weight is 515 g/mol. The third-order valence-electron chi connectivity index (χ3n) is 6.26. The van der Waals surface area contributed by atoms with Crippen LogP contribution in [0, 0.1) is 12.8 Å². The minimum Gasteiger partial charge on any atom is -0.352 e. The highest BCUT2D eigenvalue weighted by Gasteiger charge is 2.25. The van der Waals surface area contributed by atoms with Crippen molar-refractivity contribution in [3.8, 4) is 0 Å². The molecule has 0 aliphatic heterocycles. The first-order valence-corrected chi connectivity index (χ1v) is 14.2. The van der Waals surface area contributed by atoms with Crippen LogP contribution in [0.5, 0.6) is 0 Å². The van der Waals surface area contributed by atoms with Gasteiger partial charge in [-0.2, -0.15) is 0 Å². The van der Waals surface area contributed by atoms with Gasteiger partial charge in [0.2, 0.25) is 5.91 Å². The summed E-state index contributed by atoms with van der Waals surface area (Å²) in [5, 5.41) is 8.67. The van der Waals surface area contributed by atoms with Gasteiger partial charge in [-0.1, -0.05) is 57.2 Å². The summed E-state index contributed by atoms with van der Waals surface area (Å²) in [5.41, 5.74) is 1.83. The van der Waals surface area contributed by atoms with Crippen molar-refractivity contribution in [2.45, 2.75) is 82.7 Å². The molecule has 9 heteroatoms. The molecule has 196 valence electrons. The van der Waals surface area contributed by atoms with Crippen molar-refractivity contribution in [1.82, 2.24) is 10.6 Å². The molecule has 36 heavy (non-hydrogen) atoms. The minimum atomic E-state index is -3.71. The fourth-order valence-corrected chi connectivity index (χ4v) is 5.37. The molecule has 0 aromatic heterocycles. The number of urea groups is 1. The van der Waals surface area contributed by atoms with Crippen LogP contribution in [0.2, 0.25) is 0 Å². The van der Waals surface area contributed by atoms with E-state index in [1.807, 2.05) is 20.8 Å². The number of hydrogen-bond acceptors (Lipinski definition) is 4. The molecule has 1 aliphatic rings. The van der Waals surface area contributed by atoms with Crippen molar-refractivity contribution >= 4 is 33.3 Å². The van der Waals surface area contributed by atoms with Crippen LogP contribution in [0.1, 0.15) is 64.4 Å². The van der Waals surface area contributed by atoms with Gasteiger partial charge in [-0.05, 0) is 68.5 Å². The highest BCUT2D eigenvalue weighted by atomic mass is 32.2. The summed E-state index contributed by atoms with van der Waals surface area (Å²) in [5.74, 6) is 0.0858. The molecule has 1 fully saturated rings. The smallest absolute Gasteiger partial charge is 0.319 e. The summed E-state index contributed by atoms with van der Waals surface area (Å²) < 4.78 is 27.7. The monoisotopic (exact) mass is 514 g/mol.